The second-order valence-corrected chi connectivity index (χ2v) is 5.27. The van der Waals surface area contributed by atoms with Crippen LogP contribution in [0.15, 0.2) is 0 Å². The van der Waals surface area contributed by atoms with E-state index in [-0.39, 0.29) is 18.7 Å². The van der Waals surface area contributed by atoms with Crippen molar-refractivity contribution in [1.82, 2.24) is 10.2 Å². The highest BCUT2D eigenvalue weighted by Gasteiger charge is 2.23. The third-order valence-corrected chi connectivity index (χ3v) is 2.70. The van der Waals surface area contributed by atoms with E-state index >= 15 is 0 Å². The maximum atomic E-state index is 12.1. The number of rotatable bonds is 9. The number of hydrogen-bond donors (Lipinski definition) is 2. The van der Waals surface area contributed by atoms with E-state index in [0.29, 0.717) is 12.6 Å². The van der Waals surface area contributed by atoms with Gasteiger partial charge in [-0.05, 0) is 33.4 Å². The average Bonchev–Trinajstić information content (AvgIpc) is 2.15. The molecule has 0 saturated heterocycles. The van der Waals surface area contributed by atoms with Gasteiger partial charge in [-0.1, -0.05) is 13.8 Å². The lowest BCUT2D eigenvalue weighted by atomic mass is 9.95. The van der Waals surface area contributed by atoms with E-state index in [1.807, 2.05) is 20.8 Å². The van der Waals surface area contributed by atoms with Gasteiger partial charge >= 0.3 is 0 Å². The summed E-state index contributed by atoms with van der Waals surface area (Å²) in [5.41, 5.74) is -0.320. The van der Waals surface area contributed by atoms with Gasteiger partial charge in [0.1, 0.15) is 0 Å². The lowest BCUT2D eigenvalue weighted by molar-refractivity contribution is 0.0958. The normalized spacial score (nSPS) is 15.9. The molecule has 0 aromatic carbocycles. The Labute approximate surface area is 103 Å². The first-order valence-corrected chi connectivity index (χ1v) is 6.14. The smallest absolute Gasteiger partial charge is 0.251 e. The molecule has 0 aromatic heterocycles. The minimum atomic E-state index is -2.28. The van der Waals surface area contributed by atoms with E-state index < -0.39 is 6.43 Å². The zero-order chi connectivity index (χ0) is 13.5. The molecule has 0 amide bonds. The number of aliphatic hydroxyl groups excluding tert-OH is 1. The number of hydrogen-bond acceptors (Lipinski definition) is 3. The summed E-state index contributed by atoms with van der Waals surface area (Å²) in [6, 6.07) is 0.297. The molecule has 0 aliphatic carbocycles. The first-order chi connectivity index (χ1) is 7.79. The first-order valence-electron chi connectivity index (χ1n) is 6.14. The molecule has 0 rings (SSSR count). The molecule has 0 saturated carbocycles. The Balaban J connectivity index is 3.90. The maximum absolute atomic E-state index is 12.1. The van der Waals surface area contributed by atoms with Gasteiger partial charge in [-0.25, -0.2) is 8.78 Å². The summed E-state index contributed by atoms with van der Waals surface area (Å²) in [4.78, 5) is 1.62. The van der Waals surface area contributed by atoms with E-state index in [1.165, 1.54) is 0 Å². The Morgan fingerprint density at radius 2 is 1.94 bits per heavy atom. The van der Waals surface area contributed by atoms with Gasteiger partial charge in [0, 0.05) is 11.6 Å². The summed E-state index contributed by atoms with van der Waals surface area (Å²) in [7, 11) is 1.69. The van der Waals surface area contributed by atoms with Crippen molar-refractivity contribution in [3.05, 3.63) is 0 Å². The van der Waals surface area contributed by atoms with Crippen LogP contribution in [0.2, 0.25) is 0 Å². The van der Waals surface area contributed by atoms with E-state index in [1.54, 1.807) is 11.9 Å². The molecule has 0 aliphatic rings. The fourth-order valence-electron chi connectivity index (χ4n) is 1.96. The average molecular weight is 252 g/mol. The van der Waals surface area contributed by atoms with Crippen LogP contribution in [-0.2, 0) is 0 Å². The number of alkyl halides is 2. The predicted molar refractivity (Wildman–Crippen MR) is 66.5 cm³/mol. The summed E-state index contributed by atoms with van der Waals surface area (Å²) in [5, 5.41) is 12.7. The van der Waals surface area contributed by atoms with E-state index in [0.717, 1.165) is 12.8 Å². The third-order valence-electron chi connectivity index (χ3n) is 2.70. The van der Waals surface area contributed by atoms with Crippen molar-refractivity contribution in [3.8, 4) is 0 Å². The topological polar surface area (TPSA) is 35.5 Å². The van der Waals surface area contributed by atoms with Gasteiger partial charge in [0.25, 0.3) is 6.43 Å². The van der Waals surface area contributed by atoms with Gasteiger partial charge in [0.15, 0.2) is 0 Å². The van der Waals surface area contributed by atoms with Crippen LogP contribution < -0.4 is 5.32 Å². The fourth-order valence-corrected chi connectivity index (χ4v) is 1.96. The monoisotopic (exact) mass is 252 g/mol. The molecule has 2 N–H and O–H groups in total. The Kier molecular flexibility index (Phi) is 7.83. The molecule has 3 nitrogen and oxygen atoms in total. The molecule has 0 radical (unpaired) electrons. The highest BCUT2D eigenvalue weighted by Crippen LogP contribution is 2.13. The molecule has 0 aromatic rings. The highest BCUT2D eigenvalue weighted by molar-refractivity contribution is 4.84. The molecular formula is C12H26F2N2O. The molecule has 0 spiro atoms. The van der Waals surface area contributed by atoms with Gasteiger partial charge in [-0.3, -0.25) is 0 Å². The van der Waals surface area contributed by atoms with Gasteiger partial charge in [0.05, 0.1) is 13.2 Å². The van der Waals surface area contributed by atoms with Crippen molar-refractivity contribution >= 4 is 0 Å². The summed E-state index contributed by atoms with van der Waals surface area (Å²) in [5.74, 6) is 0. The minimum Gasteiger partial charge on any atom is -0.394 e. The Hall–Kier alpha value is -0.260. The van der Waals surface area contributed by atoms with Crippen LogP contribution >= 0.6 is 0 Å². The Morgan fingerprint density at radius 3 is 2.35 bits per heavy atom. The van der Waals surface area contributed by atoms with Crippen LogP contribution in [-0.4, -0.2) is 54.8 Å². The molecule has 1 unspecified atom stereocenters. The van der Waals surface area contributed by atoms with Crippen molar-refractivity contribution in [2.75, 3.05) is 26.7 Å². The summed E-state index contributed by atoms with van der Waals surface area (Å²) in [6.07, 6.45) is -0.715. The molecule has 17 heavy (non-hydrogen) atoms. The quantitative estimate of drug-likeness (QED) is 0.656. The lowest BCUT2D eigenvalue weighted by Gasteiger charge is -2.31. The Morgan fingerprint density at radius 1 is 1.35 bits per heavy atom. The molecule has 1 atom stereocenters. The van der Waals surface area contributed by atoms with Gasteiger partial charge in [0.2, 0.25) is 0 Å². The second-order valence-electron chi connectivity index (χ2n) is 5.27. The van der Waals surface area contributed by atoms with Crippen LogP contribution in [0.4, 0.5) is 8.78 Å². The second kappa shape index (κ2) is 7.95. The van der Waals surface area contributed by atoms with Crippen molar-refractivity contribution < 1.29 is 13.9 Å². The van der Waals surface area contributed by atoms with Crippen molar-refractivity contribution in [2.24, 2.45) is 0 Å². The molecule has 104 valence electrons. The van der Waals surface area contributed by atoms with Crippen LogP contribution in [0.1, 0.15) is 33.6 Å². The van der Waals surface area contributed by atoms with Crippen LogP contribution in [0.25, 0.3) is 0 Å². The molecular weight excluding hydrogens is 226 g/mol. The molecule has 0 bridgehead atoms. The lowest BCUT2D eigenvalue weighted by Crippen LogP contribution is -2.49. The van der Waals surface area contributed by atoms with Crippen molar-refractivity contribution in [2.45, 2.75) is 51.6 Å². The van der Waals surface area contributed by atoms with Crippen LogP contribution in [0.3, 0.4) is 0 Å². The number of aliphatic hydroxyl groups is 1. The van der Waals surface area contributed by atoms with E-state index in [4.69, 9.17) is 0 Å². The molecule has 0 fully saturated rings. The zero-order valence-electron chi connectivity index (χ0n) is 11.3. The van der Waals surface area contributed by atoms with Crippen molar-refractivity contribution in [1.29, 1.82) is 0 Å². The number of nitrogens with one attached hydrogen (secondary N) is 1. The summed E-state index contributed by atoms with van der Waals surface area (Å²) < 4.78 is 24.2. The SMILES string of the molecule is CC(C)NC(C)(CO)CCCN(C)CC(F)F. The third kappa shape index (κ3) is 8.46. The van der Waals surface area contributed by atoms with Gasteiger partial charge in [-0.2, -0.15) is 0 Å². The molecule has 0 aliphatic heterocycles. The summed E-state index contributed by atoms with van der Waals surface area (Å²) >= 11 is 0. The van der Waals surface area contributed by atoms with Crippen LogP contribution in [0, 0.1) is 0 Å². The van der Waals surface area contributed by atoms with Crippen molar-refractivity contribution in [3.63, 3.8) is 0 Å². The fraction of sp³-hybridized carbons (Fsp3) is 1.00. The van der Waals surface area contributed by atoms with Gasteiger partial charge in [-0.15, -0.1) is 0 Å². The standard InChI is InChI=1S/C12H26F2N2O/c1-10(2)15-12(3,9-17)6-5-7-16(4)8-11(13)14/h10-11,15,17H,5-9H2,1-4H3. The highest BCUT2D eigenvalue weighted by atomic mass is 19.3. The van der Waals surface area contributed by atoms with Crippen LogP contribution in [0.5, 0.6) is 0 Å². The van der Waals surface area contributed by atoms with E-state index in [2.05, 4.69) is 5.32 Å². The molecule has 0 heterocycles. The van der Waals surface area contributed by atoms with E-state index in [9.17, 15) is 13.9 Å². The number of halogens is 2. The number of nitrogens with zero attached hydrogens (tertiary/aromatic N) is 1. The first kappa shape index (κ1) is 16.7. The summed E-state index contributed by atoms with van der Waals surface area (Å²) in [6.45, 7) is 6.50. The largest absolute Gasteiger partial charge is 0.394 e. The maximum Gasteiger partial charge on any atom is 0.251 e. The predicted octanol–water partition coefficient (Wildman–Crippen LogP) is 1.71. The minimum absolute atomic E-state index is 0.0593. The van der Waals surface area contributed by atoms with Gasteiger partial charge < -0.3 is 15.3 Å². The zero-order valence-corrected chi connectivity index (χ0v) is 11.3. The Bertz CT molecular complexity index is 203. The molecule has 5 heteroatoms.